The standard InChI is InChI=1S/C10H16N2O2/c13-9-5-4-8-12(10(9)14)11-6-2-1-3-7-11/h1-8H2. The minimum Gasteiger partial charge on any atom is -0.289 e. The molecule has 0 spiro atoms. The van der Waals surface area contributed by atoms with Gasteiger partial charge >= 0.3 is 5.91 Å². The number of hydrogen-bond acceptors (Lipinski definition) is 3. The van der Waals surface area contributed by atoms with Crippen LogP contribution in [-0.4, -0.2) is 41.3 Å². The largest absolute Gasteiger partial charge is 0.304 e. The summed E-state index contributed by atoms with van der Waals surface area (Å²) in [4.78, 5) is 22.8. The molecule has 14 heavy (non-hydrogen) atoms. The van der Waals surface area contributed by atoms with E-state index in [4.69, 9.17) is 0 Å². The molecule has 2 aliphatic heterocycles. The van der Waals surface area contributed by atoms with Crippen molar-refractivity contribution in [2.45, 2.75) is 32.1 Å². The lowest BCUT2D eigenvalue weighted by atomic mass is 10.1. The lowest BCUT2D eigenvalue weighted by molar-refractivity contribution is -0.162. The monoisotopic (exact) mass is 196 g/mol. The second kappa shape index (κ2) is 4.09. The lowest BCUT2D eigenvalue weighted by Crippen LogP contribution is -2.53. The third-order valence-electron chi connectivity index (χ3n) is 2.92. The van der Waals surface area contributed by atoms with Gasteiger partial charge in [0.05, 0.1) is 0 Å². The quantitative estimate of drug-likeness (QED) is 0.576. The molecule has 78 valence electrons. The summed E-state index contributed by atoms with van der Waals surface area (Å²) in [5.41, 5.74) is 0. The highest BCUT2D eigenvalue weighted by molar-refractivity contribution is 6.36. The van der Waals surface area contributed by atoms with Gasteiger partial charge in [-0.1, -0.05) is 6.42 Å². The summed E-state index contributed by atoms with van der Waals surface area (Å²) in [6.07, 6.45) is 4.77. The Morgan fingerprint density at radius 2 is 1.57 bits per heavy atom. The van der Waals surface area contributed by atoms with E-state index in [2.05, 4.69) is 0 Å². The van der Waals surface area contributed by atoms with Crippen LogP contribution in [-0.2, 0) is 9.59 Å². The molecule has 0 atom stereocenters. The van der Waals surface area contributed by atoms with E-state index in [0.29, 0.717) is 6.42 Å². The van der Waals surface area contributed by atoms with Crippen molar-refractivity contribution in [3.05, 3.63) is 0 Å². The summed E-state index contributed by atoms with van der Waals surface area (Å²) in [5, 5.41) is 3.70. The summed E-state index contributed by atoms with van der Waals surface area (Å²) in [7, 11) is 0. The molecule has 0 aromatic rings. The molecule has 2 aliphatic rings. The molecule has 1 amide bonds. The fourth-order valence-electron chi connectivity index (χ4n) is 2.13. The number of nitrogens with zero attached hydrogens (tertiary/aromatic N) is 2. The first-order valence-corrected chi connectivity index (χ1v) is 5.38. The lowest BCUT2D eigenvalue weighted by Gasteiger charge is -2.38. The fourth-order valence-corrected chi connectivity index (χ4v) is 2.13. The van der Waals surface area contributed by atoms with Crippen molar-refractivity contribution in [1.29, 1.82) is 0 Å². The van der Waals surface area contributed by atoms with Gasteiger partial charge in [-0.2, -0.15) is 0 Å². The Morgan fingerprint density at radius 1 is 0.857 bits per heavy atom. The smallest absolute Gasteiger partial charge is 0.289 e. The highest BCUT2D eigenvalue weighted by Crippen LogP contribution is 2.16. The second-order valence-corrected chi connectivity index (χ2v) is 3.97. The third-order valence-corrected chi connectivity index (χ3v) is 2.92. The van der Waals surface area contributed by atoms with Gasteiger partial charge in [-0.05, 0) is 19.3 Å². The van der Waals surface area contributed by atoms with Gasteiger partial charge in [-0.25, -0.2) is 5.01 Å². The Bertz CT molecular complexity index is 247. The molecular weight excluding hydrogens is 180 g/mol. The fraction of sp³-hybridized carbons (Fsp3) is 0.800. The molecule has 0 aliphatic carbocycles. The van der Waals surface area contributed by atoms with Crippen LogP contribution in [0.25, 0.3) is 0 Å². The van der Waals surface area contributed by atoms with Crippen LogP contribution in [0.5, 0.6) is 0 Å². The van der Waals surface area contributed by atoms with Gasteiger partial charge in [0, 0.05) is 26.1 Å². The Labute approximate surface area is 83.8 Å². The highest BCUT2D eigenvalue weighted by Gasteiger charge is 2.30. The van der Waals surface area contributed by atoms with E-state index in [1.165, 1.54) is 6.42 Å². The topological polar surface area (TPSA) is 40.6 Å². The molecule has 0 saturated carbocycles. The average Bonchev–Trinajstić information content (AvgIpc) is 2.23. The summed E-state index contributed by atoms with van der Waals surface area (Å²) >= 11 is 0. The van der Waals surface area contributed by atoms with Crippen molar-refractivity contribution in [3.8, 4) is 0 Å². The van der Waals surface area contributed by atoms with Crippen molar-refractivity contribution in [2.24, 2.45) is 0 Å². The average molecular weight is 196 g/mol. The summed E-state index contributed by atoms with van der Waals surface area (Å²) in [5.74, 6) is -0.514. The first-order valence-electron chi connectivity index (χ1n) is 5.38. The molecule has 0 unspecified atom stereocenters. The van der Waals surface area contributed by atoms with Crippen molar-refractivity contribution < 1.29 is 9.59 Å². The van der Waals surface area contributed by atoms with Crippen LogP contribution in [0.4, 0.5) is 0 Å². The van der Waals surface area contributed by atoms with Crippen LogP contribution in [0.2, 0.25) is 0 Å². The Balaban J connectivity index is 2.00. The number of hydrazine groups is 1. The zero-order chi connectivity index (χ0) is 9.97. The van der Waals surface area contributed by atoms with Crippen molar-refractivity contribution in [2.75, 3.05) is 19.6 Å². The van der Waals surface area contributed by atoms with Gasteiger partial charge in [-0.3, -0.25) is 14.6 Å². The van der Waals surface area contributed by atoms with E-state index in [1.807, 2.05) is 5.01 Å². The molecule has 4 heteroatoms. The van der Waals surface area contributed by atoms with E-state index in [1.54, 1.807) is 5.01 Å². The number of hydrogen-bond donors (Lipinski definition) is 0. The SMILES string of the molecule is O=C1CCCN(N2CCCCC2)C1=O. The molecule has 2 fully saturated rings. The van der Waals surface area contributed by atoms with Gasteiger partial charge in [0.15, 0.2) is 0 Å². The molecule has 4 nitrogen and oxygen atoms in total. The van der Waals surface area contributed by atoms with Gasteiger partial charge < -0.3 is 0 Å². The van der Waals surface area contributed by atoms with Crippen molar-refractivity contribution in [3.63, 3.8) is 0 Å². The first-order chi connectivity index (χ1) is 6.79. The number of carbonyl (C=O) groups excluding carboxylic acids is 2. The normalized spacial score (nSPS) is 25.6. The molecule has 2 heterocycles. The van der Waals surface area contributed by atoms with Crippen LogP contribution in [0.3, 0.4) is 0 Å². The molecule has 0 bridgehead atoms. The third kappa shape index (κ3) is 1.80. The van der Waals surface area contributed by atoms with E-state index in [9.17, 15) is 9.59 Å². The van der Waals surface area contributed by atoms with E-state index < -0.39 is 0 Å². The van der Waals surface area contributed by atoms with Gasteiger partial charge in [0.25, 0.3) is 0 Å². The van der Waals surface area contributed by atoms with Crippen LogP contribution in [0.15, 0.2) is 0 Å². The molecule has 2 rings (SSSR count). The number of piperidine rings is 2. The van der Waals surface area contributed by atoms with Gasteiger partial charge in [-0.15, -0.1) is 0 Å². The van der Waals surface area contributed by atoms with Crippen LogP contribution >= 0.6 is 0 Å². The minimum atomic E-state index is -0.293. The maximum Gasteiger partial charge on any atom is 0.304 e. The molecule has 0 aromatic heterocycles. The summed E-state index contributed by atoms with van der Waals surface area (Å²) < 4.78 is 0. The second-order valence-electron chi connectivity index (χ2n) is 3.97. The molecular formula is C10H16N2O2. The maximum atomic E-state index is 11.6. The van der Waals surface area contributed by atoms with Crippen LogP contribution in [0.1, 0.15) is 32.1 Å². The molecule has 0 aromatic carbocycles. The van der Waals surface area contributed by atoms with Crippen molar-refractivity contribution >= 4 is 11.7 Å². The number of carbonyl (C=O) groups is 2. The van der Waals surface area contributed by atoms with Crippen LogP contribution in [0, 0.1) is 0 Å². The summed E-state index contributed by atoms with van der Waals surface area (Å²) in [6, 6.07) is 0. The van der Waals surface area contributed by atoms with Crippen LogP contribution < -0.4 is 0 Å². The number of Topliss-reactive ketones (excluding diaryl/α,β-unsaturated/α-hetero) is 1. The molecule has 0 radical (unpaired) electrons. The van der Waals surface area contributed by atoms with E-state index in [0.717, 1.165) is 38.9 Å². The number of ketones is 1. The predicted molar refractivity (Wildman–Crippen MR) is 51.4 cm³/mol. The minimum absolute atomic E-state index is 0.221. The van der Waals surface area contributed by atoms with Gasteiger partial charge in [0.2, 0.25) is 5.78 Å². The summed E-state index contributed by atoms with van der Waals surface area (Å²) in [6.45, 7) is 2.59. The van der Waals surface area contributed by atoms with E-state index in [-0.39, 0.29) is 11.7 Å². The van der Waals surface area contributed by atoms with E-state index >= 15 is 0 Å². The Hall–Kier alpha value is -0.900. The Kier molecular flexibility index (Phi) is 2.82. The Morgan fingerprint density at radius 3 is 2.29 bits per heavy atom. The predicted octanol–water partition coefficient (Wildman–Crippen LogP) is 0.579. The van der Waals surface area contributed by atoms with Gasteiger partial charge in [0.1, 0.15) is 0 Å². The maximum absolute atomic E-state index is 11.6. The zero-order valence-corrected chi connectivity index (χ0v) is 8.37. The zero-order valence-electron chi connectivity index (χ0n) is 8.37. The number of amides is 1. The molecule has 2 saturated heterocycles. The number of rotatable bonds is 1. The van der Waals surface area contributed by atoms with Crippen molar-refractivity contribution in [1.82, 2.24) is 10.0 Å². The first kappa shape index (κ1) is 9.65. The highest BCUT2D eigenvalue weighted by atomic mass is 16.2. The molecule has 0 N–H and O–H groups in total.